The Hall–Kier alpha value is -0.420. The summed E-state index contributed by atoms with van der Waals surface area (Å²) in [6.45, 7) is 4.40. The van der Waals surface area contributed by atoms with Crippen LogP contribution in [0.3, 0.4) is 0 Å². The monoisotopic (exact) mass is 292 g/mol. The molecule has 0 spiro atoms. The molecular weight excluding hydrogens is 264 g/mol. The fourth-order valence-corrected chi connectivity index (χ4v) is 4.07. The summed E-state index contributed by atoms with van der Waals surface area (Å²) in [4.78, 5) is 2.38. The lowest BCUT2D eigenvalue weighted by atomic mass is 9.89. The number of nitrogens with one attached hydrogen (secondary N) is 1. The average molecular weight is 292 g/mol. The number of ether oxygens (including phenoxy) is 2. The molecule has 4 aliphatic rings. The molecule has 0 amide bonds. The van der Waals surface area contributed by atoms with Gasteiger partial charge in [-0.05, 0) is 44.4 Å². The Kier molecular flexibility index (Phi) is 4.05. The largest absolute Gasteiger partial charge is 0.372 e. The minimum atomic E-state index is 0.106. The van der Waals surface area contributed by atoms with Crippen LogP contribution in [0.1, 0.15) is 45.4 Å². The van der Waals surface area contributed by atoms with Crippen molar-refractivity contribution in [2.24, 2.45) is 5.92 Å². The van der Waals surface area contributed by atoms with Crippen LogP contribution in [0, 0.1) is 5.92 Å². The van der Waals surface area contributed by atoms with Crippen molar-refractivity contribution < 1.29 is 9.47 Å². The van der Waals surface area contributed by atoms with Crippen molar-refractivity contribution in [3.05, 3.63) is 12.2 Å². The molecule has 4 nitrogen and oxygen atoms in total. The highest BCUT2D eigenvalue weighted by atomic mass is 16.5. The number of nitrogens with zero attached hydrogens (tertiary/aromatic N) is 1. The van der Waals surface area contributed by atoms with Crippen molar-refractivity contribution >= 4 is 0 Å². The lowest BCUT2D eigenvalue weighted by molar-refractivity contribution is -0.163. The van der Waals surface area contributed by atoms with Gasteiger partial charge < -0.3 is 9.47 Å². The minimum absolute atomic E-state index is 0.106. The van der Waals surface area contributed by atoms with Gasteiger partial charge in [0.05, 0.1) is 18.3 Å². The van der Waals surface area contributed by atoms with Gasteiger partial charge in [-0.3, -0.25) is 10.2 Å². The van der Waals surface area contributed by atoms with E-state index in [1.54, 1.807) is 0 Å². The van der Waals surface area contributed by atoms with E-state index in [-0.39, 0.29) is 12.5 Å². The highest BCUT2D eigenvalue weighted by Crippen LogP contribution is 2.30. The molecule has 2 aliphatic heterocycles. The molecule has 4 rings (SSSR count). The number of rotatable bonds is 3. The van der Waals surface area contributed by atoms with Gasteiger partial charge in [0.25, 0.3) is 0 Å². The molecule has 0 aromatic rings. The molecular formula is C17H28N2O2. The SMILES string of the molecule is CC1CCC(OC2CN(C3NC4CCC=CC4O3)C2)CC1. The molecule has 4 heteroatoms. The van der Waals surface area contributed by atoms with E-state index in [4.69, 9.17) is 9.47 Å². The van der Waals surface area contributed by atoms with Gasteiger partial charge in [-0.25, -0.2) is 0 Å². The van der Waals surface area contributed by atoms with E-state index >= 15 is 0 Å². The first-order valence-electron chi connectivity index (χ1n) is 8.75. The van der Waals surface area contributed by atoms with Crippen LogP contribution >= 0.6 is 0 Å². The molecule has 3 fully saturated rings. The van der Waals surface area contributed by atoms with Crippen molar-refractivity contribution in [1.29, 1.82) is 0 Å². The van der Waals surface area contributed by atoms with E-state index < -0.39 is 0 Å². The second-order valence-electron chi connectivity index (χ2n) is 7.33. The molecule has 21 heavy (non-hydrogen) atoms. The van der Waals surface area contributed by atoms with E-state index in [1.807, 2.05) is 0 Å². The minimum Gasteiger partial charge on any atom is -0.372 e. The Morgan fingerprint density at radius 3 is 2.67 bits per heavy atom. The zero-order chi connectivity index (χ0) is 14.2. The van der Waals surface area contributed by atoms with Gasteiger partial charge in [0.2, 0.25) is 0 Å². The Labute approximate surface area is 127 Å². The molecule has 0 radical (unpaired) electrons. The summed E-state index contributed by atoms with van der Waals surface area (Å²) in [7, 11) is 0. The predicted octanol–water partition coefficient (Wildman–Crippen LogP) is 2.26. The Morgan fingerprint density at radius 1 is 1.10 bits per heavy atom. The fraction of sp³-hybridized carbons (Fsp3) is 0.882. The van der Waals surface area contributed by atoms with Gasteiger partial charge >= 0.3 is 0 Å². The van der Waals surface area contributed by atoms with E-state index in [0.717, 1.165) is 19.0 Å². The molecule has 0 aromatic heterocycles. The predicted molar refractivity (Wildman–Crippen MR) is 81.8 cm³/mol. The quantitative estimate of drug-likeness (QED) is 0.809. The molecule has 1 saturated carbocycles. The molecule has 2 aliphatic carbocycles. The normalized spacial score (nSPS) is 44.5. The summed E-state index contributed by atoms with van der Waals surface area (Å²) in [5.41, 5.74) is 0. The summed E-state index contributed by atoms with van der Waals surface area (Å²) in [5.74, 6) is 0.898. The van der Waals surface area contributed by atoms with E-state index in [1.165, 1.54) is 38.5 Å². The summed E-state index contributed by atoms with van der Waals surface area (Å²) in [5, 5.41) is 3.62. The number of hydrogen-bond acceptors (Lipinski definition) is 4. The number of hydrogen-bond donors (Lipinski definition) is 1. The summed E-state index contributed by atoms with van der Waals surface area (Å²) < 4.78 is 12.3. The van der Waals surface area contributed by atoms with E-state index in [9.17, 15) is 0 Å². The van der Waals surface area contributed by atoms with Gasteiger partial charge in [-0.1, -0.05) is 19.1 Å². The molecule has 0 bridgehead atoms. The lowest BCUT2D eigenvalue weighted by Gasteiger charge is -2.44. The molecule has 2 heterocycles. The van der Waals surface area contributed by atoms with Crippen molar-refractivity contribution in [1.82, 2.24) is 10.2 Å². The number of allylic oxidation sites excluding steroid dienone is 1. The fourth-order valence-electron chi connectivity index (χ4n) is 4.07. The highest BCUT2D eigenvalue weighted by Gasteiger charge is 2.42. The number of likely N-dealkylation sites (tertiary alicyclic amines) is 1. The van der Waals surface area contributed by atoms with Crippen LogP contribution in [-0.2, 0) is 9.47 Å². The lowest BCUT2D eigenvalue weighted by Crippen LogP contribution is -2.60. The van der Waals surface area contributed by atoms with Crippen LogP contribution in [-0.4, -0.2) is 48.7 Å². The molecule has 118 valence electrons. The third-order valence-corrected chi connectivity index (χ3v) is 5.57. The van der Waals surface area contributed by atoms with Gasteiger partial charge in [0.1, 0.15) is 0 Å². The maximum atomic E-state index is 6.25. The van der Waals surface area contributed by atoms with Gasteiger partial charge in [-0.2, -0.15) is 0 Å². The molecule has 3 unspecified atom stereocenters. The van der Waals surface area contributed by atoms with Crippen LogP contribution in [0.25, 0.3) is 0 Å². The van der Waals surface area contributed by atoms with Crippen molar-refractivity contribution in [2.75, 3.05) is 13.1 Å². The van der Waals surface area contributed by atoms with E-state index in [2.05, 4.69) is 29.3 Å². The smallest absolute Gasteiger partial charge is 0.167 e. The van der Waals surface area contributed by atoms with Gasteiger partial charge in [-0.15, -0.1) is 0 Å². The Bertz CT molecular complexity index is 386. The average Bonchev–Trinajstić information content (AvgIpc) is 2.87. The van der Waals surface area contributed by atoms with Gasteiger partial charge in [0, 0.05) is 19.1 Å². The third-order valence-electron chi connectivity index (χ3n) is 5.57. The second-order valence-corrected chi connectivity index (χ2v) is 7.33. The van der Waals surface area contributed by atoms with Crippen LogP contribution in [0.15, 0.2) is 12.2 Å². The van der Waals surface area contributed by atoms with Gasteiger partial charge in [0.15, 0.2) is 6.35 Å². The van der Waals surface area contributed by atoms with Crippen molar-refractivity contribution in [2.45, 2.75) is 76.2 Å². The Morgan fingerprint density at radius 2 is 1.90 bits per heavy atom. The standard InChI is InChI=1S/C17H28N2O2/c1-12-6-8-13(9-7-12)20-14-10-19(11-14)17-18-15-4-2-3-5-16(15)21-17/h3,5,12-18H,2,4,6-11H2,1H3. The maximum absolute atomic E-state index is 6.25. The van der Waals surface area contributed by atoms with Crippen LogP contribution < -0.4 is 5.32 Å². The summed E-state index contributed by atoms with van der Waals surface area (Å²) in [6, 6.07) is 0.514. The van der Waals surface area contributed by atoms with Crippen molar-refractivity contribution in [3.8, 4) is 0 Å². The molecule has 0 aromatic carbocycles. The number of fused-ring (bicyclic) bond motifs is 1. The third kappa shape index (κ3) is 3.04. The first-order valence-corrected chi connectivity index (χ1v) is 8.75. The van der Waals surface area contributed by atoms with Crippen LogP contribution in [0.5, 0.6) is 0 Å². The molecule has 3 atom stereocenters. The second kappa shape index (κ2) is 5.99. The van der Waals surface area contributed by atoms with Crippen molar-refractivity contribution in [3.63, 3.8) is 0 Å². The Balaban J connectivity index is 1.20. The molecule has 1 N–H and O–H groups in total. The summed E-state index contributed by atoms with van der Waals surface area (Å²) in [6.07, 6.45) is 13.3. The summed E-state index contributed by atoms with van der Waals surface area (Å²) >= 11 is 0. The molecule has 2 saturated heterocycles. The first-order chi connectivity index (χ1) is 10.3. The van der Waals surface area contributed by atoms with Crippen LogP contribution in [0.2, 0.25) is 0 Å². The first kappa shape index (κ1) is 14.2. The van der Waals surface area contributed by atoms with Crippen LogP contribution in [0.4, 0.5) is 0 Å². The highest BCUT2D eigenvalue weighted by molar-refractivity contribution is 5.05. The topological polar surface area (TPSA) is 33.7 Å². The van der Waals surface area contributed by atoms with E-state index in [0.29, 0.717) is 18.2 Å². The zero-order valence-electron chi connectivity index (χ0n) is 13.0. The zero-order valence-corrected chi connectivity index (χ0v) is 13.0. The maximum Gasteiger partial charge on any atom is 0.167 e.